The summed E-state index contributed by atoms with van der Waals surface area (Å²) < 4.78 is 31.7. The minimum absolute atomic E-state index is 0.352. The molecule has 0 aliphatic carbocycles. The van der Waals surface area contributed by atoms with E-state index in [2.05, 4.69) is 5.32 Å². The average Bonchev–Trinajstić information content (AvgIpc) is 2.65. The zero-order chi connectivity index (χ0) is 12.4. The van der Waals surface area contributed by atoms with Crippen molar-refractivity contribution in [2.75, 3.05) is 7.05 Å². The lowest BCUT2D eigenvalue weighted by Gasteiger charge is -2.15. The van der Waals surface area contributed by atoms with Crippen molar-refractivity contribution in [1.82, 2.24) is 5.32 Å². The molecule has 0 saturated carbocycles. The van der Waals surface area contributed by atoms with Crippen LogP contribution < -0.4 is 5.32 Å². The normalized spacial score (nSPS) is 12.7. The monoisotopic (exact) mass is 237 g/mol. The van der Waals surface area contributed by atoms with Gasteiger partial charge in [-0.25, -0.2) is 8.78 Å². The molecule has 0 aliphatic heterocycles. The van der Waals surface area contributed by atoms with Crippen LogP contribution in [-0.4, -0.2) is 7.05 Å². The van der Waals surface area contributed by atoms with Crippen LogP contribution in [0.3, 0.4) is 0 Å². The van der Waals surface area contributed by atoms with Gasteiger partial charge in [0.15, 0.2) is 0 Å². The van der Waals surface area contributed by atoms with Gasteiger partial charge in [0, 0.05) is 6.07 Å². The van der Waals surface area contributed by atoms with E-state index in [4.69, 9.17) is 4.42 Å². The molecule has 2 rings (SSSR count). The third-order valence-electron chi connectivity index (χ3n) is 2.67. The molecular formula is C13H13F2NO. The van der Waals surface area contributed by atoms with Gasteiger partial charge in [0.05, 0.1) is 12.3 Å². The second kappa shape index (κ2) is 4.67. The van der Waals surface area contributed by atoms with Crippen molar-refractivity contribution in [3.63, 3.8) is 0 Å². The standard InChI is InChI=1S/C13H13F2NO/c1-8-3-4-17-13(8)12(16-2)9-5-10(14)7-11(15)6-9/h3-7,12,16H,1-2H3. The SMILES string of the molecule is CNC(c1cc(F)cc(F)c1)c1occc1C. The van der Waals surface area contributed by atoms with E-state index in [9.17, 15) is 8.78 Å². The smallest absolute Gasteiger partial charge is 0.128 e. The van der Waals surface area contributed by atoms with Gasteiger partial charge in [-0.1, -0.05) is 0 Å². The average molecular weight is 237 g/mol. The quantitative estimate of drug-likeness (QED) is 0.887. The van der Waals surface area contributed by atoms with Crippen molar-refractivity contribution in [3.8, 4) is 0 Å². The van der Waals surface area contributed by atoms with E-state index in [-0.39, 0.29) is 6.04 Å². The fraction of sp³-hybridized carbons (Fsp3) is 0.231. The lowest BCUT2D eigenvalue weighted by molar-refractivity contribution is 0.457. The first-order valence-corrected chi connectivity index (χ1v) is 5.29. The van der Waals surface area contributed by atoms with Gasteiger partial charge in [0.25, 0.3) is 0 Å². The molecule has 1 aromatic heterocycles. The number of furan rings is 1. The highest BCUT2D eigenvalue weighted by atomic mass is 19.1. The number of aryl methyl sites for hydroxylation is 1. The highest BCUT2D eigenvalue weighted by Gasteiger charge is 2.18. The fourth-order valence-corrected chi connectivity index (χ4v) is 1.87. The topological polar surface area (TPSA) is 25.2 Å². The summed E-state index contributed by atoms with van der Waals surface area (Å²) in [6.45, 7) is 1.89. The van der Waals surface area contributed by atoms with Crippen LogP contribution in [0.15, 0.2) is 34.9 Å². The van der Waals surface area contributed by atoms with Crippen LogP contribution >= 0.6 is 0 Å². The Morgan fingerprint density at radius 1 is 1.18 bits per heavy atom. The predicted octanol–water partition coefficient (Wildman–Crippen LogP) is 3.18. The highest BCUT2D eigenvalue weighted by molar-refractivity contribution is 5.31. The Morgan fingerprint density at radius 3 is 2.29 bits per heavy atom. The van der Waals surface area contributed by atoms with Crippen molar-refractivity contribution in [1.29, 1.82) is 0 Å². The molecule has 0 radical (unpaired) electrons. The zero-order valence-electron chi connectivity index (χ0n) is 9.63. The van der Waals surface area contributed by atoms with Crippen LogP contribution in [0.5, 0.6) is 0 Å². The molecule has 1 unspecified atom stereocenters. The summed E-state index contributed by atoms with van der Waals surface area (Å²) >= 11 is 0. The summed E-state index contributed by atoms with van der Waals surface area (Å²) in [6, 6.07) is 4.91. The number of rotatable bonds is 3. The van der Waals surface area contributed by atoms with Crippen LogP contribution in [0.2, 0.25) is 0 Å². The van der Waals surface area contributed by atoms with E-state index >= 15 is 0 Å². The minimum Gasteiger partial charge on any atom is -0.467 e. The molecule has 2 aromatic rings. The van der Waals surface area contributed by atoms with E-state index in [0.717, 1.165) is 11.6 Å². The van der Waals surface area contributed by atoms with Crippen LogP contribution in [0.25, 0.3) is 0 Å². The van der Waals surface area contributed by atoms with Gasteiger partial charge in [-0.15, -0.1) is 0 Å². The first-order chi connectivity index (χ1) is 8.11. The maximum absolute atomic E-state index is 13.2. The Balaban J connectivity index is 2.45. The lowest BCUT2D eigenvalue weighted by Crippen LogP contribution is -2.18. The summed E-state index contributed by atoms with van der Waals surface area (Å²) in [6.07, 6.45) is 1.56. The van der Waals surface area contributed by atoms with Crippen LogP contribution in [0.1, 0.15) is 22.9 Å². The first-order valence-electron chi connectivity index (χ1n) is 5.29. The molecule has 4 heteroatoms. The van der Waals surface area contributed by atoms with Gasteiger partial charge in [-0.2, -0.15) is 0 Å². The Hall–Kier alpha value is -1.68. The number of hydrogen-bond donors (Lipinski definition) is 1. The van der Waals surface area contributed by atoms with E-state index in [0.29, 0.717) is 11.3 Å². The minimum atomic E-state index is -0.593. The molecule has 0 saturated heterocycles. The third kappa shape index (κ3) is 2.36. The second-order valence-electron chi connectivity index (χ2n) is 3.89. The zero-order valence-corrected chi connectivity index (χ0v) is 9.63. The third-order valence-corrected chi connectivity index (χ3v) is 2.67. The van der Waals surface area contributed by atoms with Crippen molar-refractivity contribution < 1.29 is 13.2 Å². The predicted molar refractivity (Wildman–Crippen MR) is 60.7 cm³/mol. The van der Waals surface area contributed by atoms with Crippen molar-refractivity contribution in [2.45, 2.75) is 13.0 Å². The summed E-state index contributed by atoms with van der Waals surface area (Å²) in [4.78, 5) is 0. The van der Waals surface area contributed by atoms with Gasteiger partial charge in [0.2, 0.25) is 0 Å². The number of nitrogens with one attached hydrogen (secondary N) is 1. The van der Waals surface area contributed by atoms with E-state index in [1.165, 1.54) is 12.1 Å². The molecule has 0 spiro atoms. The summed E-state index contributed by atoms with van der Waals surface area (Å²) in [5.41, 5.74) is 1.44. The Bertz CT molecular complexity index is 502. The maximum Gasteiger partial charge on any atom is 0.128 e. The largest absolute Gasteiger partial charge is 0.467 e. The van der Waals surface area contributed by atoms with Gasteiger partial charge >= 0.3 is 0 Å². The number of halogens is 2. The molecule has 17 heavy (non-hydrogen) atoms. The van der Waals surface area contributed by atoms with Gasteiger partial charge < -0.3 is 9.73 Å². The molecule has 0 fully saturated rings. The molecule has 1 aromatic carbocycles. The number of benzene rings is 1. The number of hydrogen-bond acceptors (Lipinski definition) is 2. The molecule has 1 heterocycles. The maximum atomic E-state index is 13.2. The van der Waals surface area contributed by atoms with Crippen molar-refractivity contribution >= 4 is 0 Å². The fourth-order valence-electron chi connectivity index (χ4n) is 1.87. The van der Waals surface area contributed by atoms with Gasteiger partial charge in [-0.05, 0) is 43.3 Å². The van der Waals surface area contributed by atoms with E-state index in [1.54, 1.807) is 13.3 Å². The van der Waals surface area contributed by atoms with Crippen molar-refractivity contribution in [2.24, 2.45) is 0 Å². The van der Waals surface area contributed by atoms with Crippen LogP contribution in [0, 0.1) is 18.6 Å². The molecule has 1 N–H and O–H groups in total. The Labute approximate surface area is 98.3 Å². The second-order valence-corrected chi connectivity index (χ2v) is 3.89. The molecule has 2 nitrogen and oxygen atoms in total. The molecular weight excluding hydrogens is 224 g/mol. The summed E-state index contributed by atoms with van der Waals surface area (Å²) in [5, 5.41) is 2.99. The molecule has 0 amide bonds. The Morgan fingerprint density at radius 2 is 1.82 bits per heavy atom. The molecule has 0 aliphatic rings. The van der Waals surface area contributed by atoms with Crippen molar-refractivity contribution in [3.05, 3.63) is 59.1 Å². The first kappa shape index (κ1) is 11.8. The molecule has 0 bridgehead atoms. The molecule has 90 valence electrons. The van der Waals surface area contributed by atoms with Gasteiger partial charge in [-0.3, -0.25) is 0 Å². The van der Waals surface area contributed by atoms with E-state index in [1.807, 2.05) is 13.0 Å². The van der Waals surface area contributed by atoms with Gasteiger partial charge in [0.1, 0.15) is 17.4 Å². The van der Waals surface area contributed by atoms with Crippen LogP contribution in [-0.2, 0) is 0 Å². The highest BCUT2D eigenvalue weighted by Crippen LogP contribution is 2.26. The lowest BCUT2D eigenvalue weighted by atomic mass is 10.0. The molecule has 1 atom stereocenters. The van der Waals surface area contributed by atoms with E-state index < -0.39 is 11.6 Å². The van der Waals surface area contributed by atoms with Crippen LogP contribution in [0.4, 0.5) is 8.78 Å². The summed E-state index contributed by atoms with van der Waals surface area (Å²) in [5.74, 6) is -0.522. The Kier molecular flexibility index (Phi) is 3.24. The summed E-state index contributed by atoms with van der Waals surface area (Å²) in [7, 11) is 1.72.